The lowest BCUT2D eigenvalue weighted by Crippen LogP contribution is -2.11. The minimum absolute atomic E-state index is 0.500. The first-order valence-corrected chi connectivity index (χ1v) is 4.23. The van der Waals surface area contributed by atoms with Crippen LogP contribution in [-0.4, -0.2) is 33.2 Å². The quantitative estimate of drug-likeness (QED) is 0.532. The van der Waals surface area contributed by atoms with Crippen molar-refractivity contribution in [3.8, 4) is 0 Å². The van der Waals surface area contributed by atoms with Crippen LogP contribution in [-0.2, 0) is 14.2 Å². The van der Waals surface area contributed by atoms with E-state index in [1.165, 1.54) is 12.8 Å². The van der Waals surface area contributed by atoms with Crippen LogP contribution in [0, 0.1) is 0 Å². The predicted octanol–water partition coefficient (Wildman–Crippen LogP) is 1.18. The second-order valence-corrected chi connectivity index (χ2v) is 2.61. The summed E-state index contributed by atoms with van der Waals surface area (Å²) in [6.07, 6.45) is 3.61. The molecule has 0 saturated carbocycles. The van der Waals surface area contributed by atoms with E-state index in [1.807, 2.05) is 0 Å². The Morgan fingerprint density at radius 3 is 1.27 bits per heavy atom. The van der Waals surface area contributed by atoms with Crippen LogP contribution >= 0.6 is 0 Å². The van der Waals surface area contributed by atoms with Crippen LogP contribution < -0.4 is 0 Å². The van der Waals surface area contributed by atoms with Crippen molar-refractivity contribution in [1.82, 2.24) is 0 Å². The zero-order valence-electron chi connectivity index (χ0n) is 6.88. The van der Waals surface area contributed by atoms with Gasteiger partial charge in [0.15, 0.2) is 0 Å². The van der Waals surface area contributed by atoms with Crippen LogP contribution in [0.15, 0.2) is 0 Å². The molecule has 66 valence electrons. The normalized spacial score (nSPS) is 24.0. The zero-order valence-corrected chi connectivity index (χ0v) is 6.88. The lowest BCUT2D eigenvalue weighted by molar-refractivity contribution is -0.0963. The van der Waals surface area contributed by atoms with Crippen LogP contribution in [0.4, 0.5) is 0 Å². The van der Waals surface area contributed by atoms with E-state index in [-0.39, 0.29) is 0 Å². The van der Waals surface area contributed by atoms with Gasteiger partial charge in [-0.05, 0) is 19.3 Å². The maximum atomic E-state index is 4.94. The molecule has 0 atom stereocenters. The molecule has 11 heavy (non-hydrogen) atoms. The molecule has 2 aliphatic rings. The van der Waals surface area contributed by atoms with Gasteiger partial charge in [-0.2, -0.15) is 0 Å². The van der Waals surface area contributed by atoms with Gasteiger partial charge in [0.05, 0.1) is 13.2 Å². The molecule has 0 amide bonds. The average molecular weight is 160 g/mol. The van der Waals surface area contributed by atoms with Gasteiger partial charge in [0.1, 0.15) is 6.79 Å². The number of hydrogen-bond donors (Lipinski definition) is 0. The fourth-order valence-corrected chi connectivity index (χ4v) is 0.950. The van der Waals surface area contributed by atoms with E-state index in [4.69, 9.17) is 14.2 Å². The summed E-state index contributed by atoms with van der Waals surface area (Å²) in [6.45, 7) is 4.25. The zero-order chi connectivity index (χ0) is 7.78. The number of rotatable bonds is 0. The Kier molecular flexibility index (Phi) is 5.37. The molecule has 3 heteroatoms. The van der Waals surface area contributed by atoms with Gasteiger partial charge in [0.2, 0.25) is 0 Å². The van der Waals surface area contributed by atoms with Crippen molar-refractivity contribution in [3.63, 3.8) is 0 Å². The Morgan fingerprint density at radius 2 is 1.09 bits per heavy atom. The molecule has 0 unspecified atom stereocenters. The summed E-state index contributed by atoms with van der Waals surface area (Å²) in [6, 6.07) is 0. The average Bonchev–Trinajstić information content (AvgIpc) is 2.64. The number of ether oxygens (including phenoxy) is 3. The van der Waals surface area contributed by atoms with E-state index in [9.17, 15) is 0 Å². The molecule has 0 aliphatic carbocycles. The molecule has 0 aromatic heterocycles. The summed E-state index contributed by atoms with van der Waals surface area (Å²) in [4.78, 5) is 0. The third kappa shape index (κ3) is 5.18. The molecule has 0 spiro atoms. The SMILES string of the molecule is C1CCOC1.C1COCOC1. The van der Waals surface area contributed by atoms with Gasteiger partial charge < -0.3 is 14.2 Å². The number of hydrogen-bond acceptors (Lipinski definition) is 3. The van der Waals surface area contributed by atoms with Crippen LogP contribution in [0.3, 0.4) is 0 Å². The Labute approximate surface area is 67.6 Å². The van der Waals surface area contributed by atoms with Crippen molar-refractivity contribution in [2.75, 3.05) is 33.2 Å². The standard InChI is InChI=1S/C4H8O2.C4H8O/c1-2-5-4-6-3-1;1-2-4-5-3-1/h1-4H2;1-4H2. The largest absolute Gasteiger partial charge is 0.381 e. The van der Waals surface area contributed by atoms with Gasteiger partial charge in [-0.3, -0.25) is 0 Å². The molecule has 0 aromatic carbocycles. The van der Waals surface area contributed by atoms with E-state index in [1.54, 1.807) is 0 Å². The lowest BCUT2D eigenvalue weighted by Gasteiger charge is -2.09. The lowest BCUT2D eigenvalue weighted by atomic mass is 10.4. The first-order valence-electron chi connectivity index (χ1n) is 4.23. The highest BCUT2D eigenvalue weighted by molar-refractivity contribution is 4.43. The van der Waals surface area contributed by atoms with Crippen molar-refractivity contribution in [2.45, 2.75) is 19.3 Å². The minimum Gasteiger partial charge on any atom is -0.381 e. The van der Waals surface area contributed by atoms with Gasteiger partial charge in [0, 0.05) is 13.2 Å². The Hall–Kier alpha value is -0.120. The summed E-state index contributed by atoms with van der Waals surface area (Å²) >= 11 is 0. The van der Waals surface area contributed by atoms with Crippen molar-refractivity contribution in [3.05, 3.63) is 0 Å². The topological polar surface area (TPSA) is 27.7 Å². The van der Waals surface area contributed by atoms with Gasteiger partial charge in [-0.1, -0.05) is 0 Å². The van der Waals surface area contributed by atoms with Gasteiger partial charge in [-0.15, -0.1) is 0 Å². The molecule has 0 aromatic rings. The van der Waals surface area contributed by atoms with Crippen molar-refractivity contribution in [2.24, 2.45) is 0 Å². The Bertz CT molecular complexity index is 58.3. The summed E-state index contributed by atoms with van der Waals surface area (Å²) in [7, 11) is 0. The maximum absolute atomic E-state index is 4.94. The second kappa shape index (κ2) is 6.58. The maximum Gasteiger partial charge on any atom is 0.146 e. The molecule has 2 heterocycles. The third-order valence-corrected chi connectivity index (χ3v) is 1.57. The fraction of sp³-hybridized carbons (Fsp3) is 1.00. The highest BCUT2D eigenvalue weighted by Crippen LogP contribution is 1.98. The van der Waals surface area contributed by atoms with Crippen LogP contribution in [0.1, 0.15) is 19.3 Å². The van der Waals surface area contributed by atoms with Crippen LogP contribution in [0.25, 0.3) is 0 Å². The molecule has 0 bridgehead atoms. The minimum atomic E-state index is 0.500. The monoisotopic (exact) mass is 160 g/mol. The molecule has 0 radical (unpaired) electrons. The molecule has 2 fully saturated rings. The van der Waals surface area contributed by atoms with Gasteiger partial charge in [-0.25, -0.2) is 0 Å². The van der Waals surface area contributed by atoms with Crippen molar-refractivity contribution >= 4 is 0 Å². The van der Waals surface area contributed by atoms with E-state index >= 15 is 0 Å². The van der Waals surface area contributed by atoms with E-state index < -0.39 is 0 Å². The summed E-state index contributed by atoms with van der Waals surface area (Å²) in [5.41, 5.74) is 0. The van der Waals surface area contributed by atoms with Crippen LogP contribution in [0.2, 0.25) is 0 Å². The predicted molar refractivity (Wildman–Crippen MR) is 41.4 cm³/mol. The van der Waals surface area contributed by atoms with Crippen LogP contribution in [0.5, 0.6) is 0 Å². The molecular formula is C8H16O3. The van der Waals surface area contributed by atoms with Crippen molar-refractivity contribution < 1.29 is 14.2 Å². The van der Waals surface area contributed by atoms with Crippen molar-refractivity contribution in [1.29, 1.82) is 0 Å². The second-order valence-electron chi connectivity index (χ2n) is 2.61. The first-order chi connectivity index (χ1) is 5.50. The highest BCUT2D eigenvalue weighted by atomic mass is 16.7. The van der Waals surface area contributed by atoms with E-state index in [2.05, 4.69) is 0 Å². The smallest absolute Gasteiger partial charge is 0.146 e. The molecule has 2 aliphatic heterocycles. The van der Waals surface area contributed by atoms with E-state index in [0.717, 1.165) is 32.8 Å². The summed E-state index contributed by atoms with van der Waals surface area (Å²) in [5, 5.41) is 0. The Balaban J connectivity index is 0.000000112. The summed E-state index contributed by atoms with van der Waals surface area (Å²) in [5.74, 6) is 0. The molecular weight excluding hydrogens is 144 g/mol. The molecule has 0 N–H and O–H groups in total. The molecule has 2 rings (SSSR count). The first kappa shape index (κ1) is 8.97. The third-order valence-electron chi connectivity index (χ3n) is 1.57. The summed E-state index contributed by atoms with van der Waals surface area (Å²) < 4.78 is 14.6. The van der Waals surface area contributed by atoms with E-state index in [0.29, 0.717) is 6.79 Å². The molecule has 2 saturated heterocycles. The van der Waals surface area contributed by atoms with Gasteiger partial charge >= 0.3 is 0 Å². The van der Waals surface area contributed by atoms with Gasteiger partial charge in [0.25, 0.3) is 0 Å². The fourth-order valence-electron chi connectivity index (χ4n) is 0.950. The Morgan fingerprint density at radius 1 is 0.545 bits per heavy atom. The molecule has 3 nitrogen and oxygen atoms in total. The highest BCUT2D eigenvalue weighted by Gasteiger charge is 1.95.